The summed E-state index contributed by atoms with van der Waals surface area (Å²) >= 11 is 0. The Kier molecular flexibility index (Phi) is 5.76. The number of benzene rings is 1. The van der Waals surface area contributed by atoms with Crippen molar-refractivity contribution in [3.63, 3.8) is 0 Å². The maximum absolute atomic E-state index is 14.6. The summed E-state index contributed by atoms with van der Waals surface area (Å²) in [4.78, 5) is 13.2. The summed E-state index contributed by atoms with van der Waals surface area (Å²) in [5, 5.41) is 5.27. The molecule has 0 aliphatic carbocycles. The molecule has 1 unspecified atom stereocenters. The number of nitrogens with zero attached hydrogens (tertiary/aromatic N) is 6. The Labute approximate surface area is 223 Å². The Morgan fingerprint density at radius 1 is 1.03 bits per heavy atom. The van der Waals surface area contributed by atoms with Gasteiger partial charge in [-0.05, 0) is 55.5 Å². The van der Waals surface area contributed by atoms with E-state index in [1.807, 2.05) is 49.5 Å². The van der Waals surface area contributed by atoms with Crippen LogP contribution in [0.4, 0.5) is 15.9 Å². The maximum Gasteiger partial charge on any atom is 0.229 e. The highest BCUT2D eigenvalue weighted by Gasteiger charge is 2.25. The summed E-state index contributed by atoms with van der Waals surface area (Å²) in [5.74, 6) is -0.469. The predicted octanol–water partition coefficient (Wildman–Crippen LogP) is 4.51. The van der Waals surface area contributed by atoms with E-state index in [2.05, 4.69) is 30.1 Å². The van der Waals surface area contributed by atoms with Crippen LogP contribution in [0.15, 0.2) is 79.4 Å². The van der Waals surface area contributed by atoms with Crippen molar-refractivity contribution < 1.29 is 12.8 Å². The molecule has 39 heavy (non-hydrogen) atoms. The number of hydrogen-bond acceptors (Lipinski definition) is 7. The molecule has 12 heteroatoms. The molecular formula is C27H23FN8O2S. The van der Waals surface area contributed by atoms with Crippen LogP contribution in [0, 0.1) is 5.82 Å². The number of anilines is 2. The molecule has 6 aromatic rings. The van der Waals surface area contributed by atoms with Crippen LogP contribution >= 0.6 is 0 Å². The van der Waals surface area contributed by atoms with Gasteiger partial charge in [-0.25, -0.2) is 27.5 Å². The Morgan fingerprint density at radius 3 is 2.62 bits per heavy atom. The zero-order valence-corrected chi connectivity index (χ0v) is 21.8. The lowest BCUT2D eigenvalue weighted by Gasteiger charge is -2.15. The van der Waals surface area contributed by atoms with Crippen molar-refractivity contribution in [1.82, 2.24) is 29.1 Å². The summed E-state index contributed by atoms with van der Waals surface area (Å²) in [6.45, 7) is 1.98. The first-order valence-electron chi connectivity index (χ1n) is 12.0. The minimum Gasteiger partial charge on any atom is -0.383 e. The van der Waals surface area contributed by atoms with Gasteiger partial charge in [0.15, 0.2) is 5.65 Å². The highest BCUT2D eigenvalue weighted by Crippen LogP contribution is 2.37. The van der Waals surface area contributed by atoms with E-state index in [0.29, 0.717) is 22.3 Å². The minimum atomic E-state index is -3.63. The molecule has 5 aromatic heterocycles. The van der Waals surface area contributed by atoms with Crippen molar-refractivity contribution >= 4 is 38.1 Å². The number of nitrogens with two attached hydrogens (primary N) is 1. The standard InChI is InChI=1S/C27H23FN8O2S/c1-16(21-14-20-7-4-6-10-35(20)25(21)22-8-3-5-9-30-22)36-27-23(26(29)31-15-32-27)24(33-36)17-11-18(28)13-19(12-17)34-39(2,37)38/h3-16,34H,1-2H3,(H2,29,31,32). The lowest BCUT2D eigenvalue weighted by atomic mass is 10.1. The van der Waals surface area contributed by atoms with Crippen molar-refractivity contribution in [2.24, 2.45) is 0 Å². The topological polar surface area (TPSA) is 133 Å². The van der Waals surface area contributed by atoms with Gasteiger partial charge in [-0.1, -0.05) is 12.1 Å². The number of nitrogen functional groups attached to an aromatic ring is 1. The third-order valence-electron chi connectivity index (χ3n) is 6.43. The van der Waals surface area contributed by atoms with Crippen LogP contribution in [0.25, 0.3) is 39.2 Å². The Bertz CT molecular complexity index is 1970. The van der Waals surface area contributed by atoms with E-state index in [-0.39, 0.29) is 17.5 Å². The van der Waals surface area contributed by atoms with Gasteiger partial charge >= 0.3 is 0 Å². The Balaban J connectivity index is 1.57. The molecule has 10 nitrogen and oxygen atoms in total. The molecule has 0 fully saturated rings. The Hall–Kier alpha value is -4.84. The number of fused-ring (bicyclic) bond motifs is 2. The van der Waals surface area contributed by atoms with Crippen molar-refractivity contribution in [2.45, 2.75) is 13.0 Å². The van der Waals surface area contributed by atoms with Crippen LogP contribution in [0.2, 0.25) is 0 Å². The van der Waals surface area contributed by atoms with Crippen LogP contribution in [0.5, 0.6) is 0 Å². The molecule has 0 aliphatic heterocycles. The van der Waals surface area contributed by atoms with Crippen LogP contribution in [0.1, 0.15) is 18.5 Å². The van der Waals surface area contributed by atoms with Crippen LogP contribution in [-0.2, 0) is 10.0 Å². The van der Waals surface area contributed by atoms with Gasteiger partial charge in [0, 0.05) is 29.0 Å². The third-order valence-corrected chi connectivity index (χ3v) is 7.03. The summed E-state index contributed by atoms with van der Waals surface area (Å²) in [6.07, 6.45) is 6.07. The molecule has 6 rings (SSSR count). The van der Waals surface area contributed by atoms with Crippen molar-refractivity contribution in [3.05, 3.63) is 90.8 Å². The molecule has 0 spiro atoms. The number of aromatic nitrogens is 6. The molecule has 0 amide bonds. The molecule has 0 aliphatic rings. The van der Waals surface area contributed by atoms with Crippen molar-refractivity contribution in [3.8, 4) is 22.6 Å². The minimum absolute atomic E-state index is 0.0646. The van der Waals surface area contributed by atoms with E-state index in [9.17, 15) is 12.8 Å². The van der Waals surface area contributed by atoms with Crippen LogP contribution in [0.3, 0.4) is 0 Å². The van der Waals surface area contributed by atoms with Gasteiger partial charge in [-0.15, -0.1) is 0 Å². The monoisotopic (exact) mass is 542 g/mol. The lowest BCUT2D eigenvalue weighted by molar-refractivity contribution is 0.582. The van der Waals surface area contributed by atoms with E-state index < -0.39 is 15.8 Å². The molecule has 5 heterocycles. The second kappa shape index (κ2) is 9.17. The molecule has 0 radical (unpaired) electrons. The fourth-order valence-corrected chi connectivity index (χ4v) is 5.38. The molecule has 1 aromatic carbocycles. The summed E-state index contributed by atoms with van der Waals surface area (Å²) < 4.78 is 44.3. The van der Waals surface area contributed by atoms with E-state index in [1.165, 1.54) is 18.5 Å². The smallest absolute Gasteiger partial charge is 0.229 e. The second-order valence-electron chi connectivity index (χ2n) is 9.19. The zero-order chi connectivity index (χ0) is 27.3. The number of hydrogen-bond donors (Lipinski definition) is 2. The molecular weight excluding hydrogens is 519 g/mol. The SMILES string of the molecule is CC(c1cc2ccccn2c1-c1ccccn1)n1nc(-c2cc(F)cc(NS(C)(=O)=O)c2)c2c(N)ncnc21. The average molecular weight is 543 g/mol. The first kappa shape index (κ1) is 24.5. The zero-order valence-electron chi connectivity index (χ0n) is 20.9. The van der Waals surface area contributed by atoms with Gasteiger partial charge in [0.25, 0.3) is 0 Å². The molecule has 196 valence electrons. The third kappa shape index (κ3) is 4.44. The van der Waals surface area contributed by atoms with Gasteiger partial charge in [-0.3, -0.25) is 9.71 Å². The van der Waals surface area contributed by atoms with E-state index >= 15 is 0 Å². The van der Waals surface area contributed by atoms with Crippen molar-refractivity contribution in [2.75, 3.05) is 16.7 Å². The largest absolute Gasteiger partial charge is 0.383 e. The predicted molar refractivity (Wildman–Crippen MR) is 148 cm³/mol. The summed E-state index contributed by atoms with van der Waals surface area (Å²) in [7, 11) is -3.63. The molecule has 1 atom stereocenters. The average Bonchev–Trinajstić information content (AvgIpc) is 3.48. The fourth-order valence-electron chi connectivity index (χ4n) is 4.84. The summed E-state index contributed by atoms with van der Waals surface area (Å²) in [5.41, 5.74) is 11.1. The molecule has 0 bridgehead atoms. The molecule has 3 N–H and O–H groups in total. The van der Waals surface area contributed by atoms with Crippen molar-refractivity contribution in [1.29, 1.82) is 0 Å². The van der Waals surface area contributed by atoms with E-state index in [0.717, 1.165) is 34.8 Å². The summed E-state index contributed by atoms with van der Waals surface area (Å²) in [6, 6.07) is 17.3. The first-order chi connectivity index (χ1) is 18.7. The van der Waals surface area contributed by atoms with Gasteiger partial charge < -0.3 is 10.1 Å². The van der Waals surface area contributed by atoms with E-state index in [1.54, 1.807) is 10.9 Å². The highest BCUT2D eigenvalue weighted by molar-refractivity contribution is 7.92. The quantitative estimate of drug-likeness (QED) is 0.316. The molecule has 0 saturated heterocycles. The first-order valence-corrected chi connectivity index (χ1v) is 13.9. The van der Waals surface area contributed by atoms with Gasteiger partial charge in [0.05, 0.1) is 34.8 Å². The lowest BCUT2D eigenvalue weighted by Crippen LogP contribution is -2.11. The van der Waals surface area contributed by atoms with E-state index in [4.69, 9.17) is 10.8 Å². The maximum atomic E-state index is 14.6. The molecule has 0 saturated carbocycles. The number of pyridine rings is 2. The number of halogens is 1. The number of sulfonamides is 1. The van der Waals surface area contributed by atoms with Crippen LogP contribution < -0.4 is 10.5 Å². The normalized spacial score (nSPS) is 12.7. The fraction of sp³-hybridized carbons (Fsp3) is 0.111. The second-order valence-corrected chi connectivity index (χ2v) is 10.9. The van der Waals surface area contributed by atoms with Crippen LogP contribution in [-0.4, -0.2) is 43.8 Å². The van der Waals surface area contributed by atoms with Gasteiger partial charge in [0.2, 0.25) is 10.0 Å². The number of rotatable bonds is 6. The van der Waals surface area contributed by atoms with Gasteiger partial charge in [-0.2, -0.15) is 5.10 Å². The Morgan fingerprint density at radius 2 is 1.85 bits per heavy atom. The highest BCUT2D eigenvalue weighted by atomic mass is 32.2. The van der Waals surface area contributed by atoms with Gasteiger partial charge in [0.1, 0.15) is 23.7 Å². The number of nitrogens with one attached hydrogen (secondary N) is 1.